The lowest BCUT2D eigenvalue weighted by Crippen LogP contribution is -2.33. The van der Waals surface area contributed by atoms with Crippen LogP contribution in [0.3, 0.4) is 0 Å². The predicted molar refractivity (Wildman–Crippen MR) is 93.7 cm³/mol. The second kappa shape index (κ2) is 6.38. The Morgan fingerprint density at radius 3 is 2.79 bits per heavy atom. The summed E-state index contributed by atoms with van der Waals surface area (Å²) < 4.78 is 5.52. The molecular formula is C19H18ClN3O. The van der Waals surface area contributed by atoms with Crippen molar-refractivity contribution in [1.82, 2.24) is 15.0 Å². The predicted octanol–water partition coefficient (Wildman–Crippen LogP) is 4.51. The summed E-state index contributed by atoms with van der Waals surface area (Å²) in [6.07, 6.45) is 1.05. The normalized spacial score (nSPS) is 15.9. The summed E-state index contributed by atoms with van der Waals surface area (Å²) in [7, 11) is 0. The van der Waals surface area contributed by atoms with Crippen molar-refractivity contribution in [3.63, 3.8) is 0 Å². The maximum atomic E-state index is 6.04. The minimum atomic E-state index is 0.0822. The molecule has 0 aliphatic carbocycles. The number of halogens is 1. The highest BCUT2D eigenvalue weighted by molar-refractivity contribution is 6.30. The van der Waals surface area contributed by atoms with Crippen molar-refractivity contribution in [1.29, 1.82) is 0 Å². The second-order valence-electron chi connectivity index (χ2n) is 6.13. The van der Waals surface area contributed by atoms with E-state index >= 15 is 0 Å². The van der Waals surface area contributed by atoms with Crippen molar-refractivity contribution in [2.24, 2.45) is 0 Å². The van der Waals surface area contributed by atoms with E-state index in [-0.39, 0.29) is 6.04 Å². The van der Waals surface area contributed by atoms with Crippen molar-refractivity contribution in [3.8, 4) is 11.4 Å². The molecule has 2 aromatic carbocycles. The molecular weight excluding hydrogens is 322 g/mol. The standard InChI is InChI=1S/C19H18ClN3O/c1-13(23-10-9-14-5-2-3-6-16(14)12-23)19-21-18(22-24-19)15-7-4-8-17(20)11-15/h2-8,11,13H,9-10,12H2,1H3. The van der Waals surface area contributed by atoms with Gasteiger partial charge in [0.05, 0.1) is 6.04 Å². The fourth-order valence-electron chi connectivity index (χ4n) is 3.15. The van der Waals surface area contributed by atoms with Crippen LogP contribution >= 0.6 is 11.6 Å². The van der Waals surface area contributed by atoms with Gasteiger partial charge in [-0.2, -0.15) is 4.98 Å². The first-order valence-corrected chi connectivity index (χ1v) is 8.49. The van der Waals surface area contributed by atoms with Crippen molar-refractivity contribution < 1.29 is 4.52 Å². The van der Waals surface area contributed by atoms with E-state index in [1.54, 1.807) is 0 Å². The van der Waals surface area contributed by atoms with Crippen LogP contribution in [0.4, 0.5) is 0 Å². The summed E-state index contributed by atoms with van der Waals surface area (Å²) in [5.41, 5.74) is 3.69. The number of fused-ring (bicyclic) bond motifs is 1. The topological polar surface area (TPSA) is 42.2 Å². The number of hydrogen-bond acceptors (Lipinski definition) is 4. The molecule has 0 bridgehead atoms. The van der Waals surface area contributed by atoms with Gasteiger partial charge in [-0.3, -0.25) is 4.90 Å². The Morgan fingerprint density at radius 1 is 1.12 bits per heavy atom. The van der Waals surface area contributed by atoms with Gasteiger partial charge in [-0.25, -0.2) is 0 Å². The first kappa shape index (κ1) is 15.4. The maximum Gasteiger partial charge on any atom is 0.244 e. The Hall–Kier alpha value is -2.17. The van der Waals surface area contributed by atoms with E-state index in [1.165, 1.54) is 11.1 Å². The number of rotatable bonds is 3. The molecule has 5 heteroatoms. The minimum Gasteiger partial charge on any atom is -0.337 e. The van der Waals surface area contributed by atoms with Gasteiger partial charge < -0.3 is 4.52 Å². The Balaban J connectivity index is 1.55. The molecule has 3 aromatic rings. The molecule has 1 aliphatic heterocycles. The van der Waals surface area contributed by atoms with Crippen molar-refractivity contribution in [3.05, 3.63) is 70.6 Å². The van der Waals surface area contributed by atoms with E-state index < -0.39 is 0 Å². The third-order valence-corrected chi connectivity index (χ3v) is 4.82. The smallest absolute Gasteiger partial charge is 0.244 e. The molecule has 4 rings (SSSR count). The number of benzene rings is 2. The van der Waals surface area contributed by atoms with E-state index in [2.05, 4.69) is 46.2 Å². The molecule has 0 amide bonds. The number of nitrogens with zero attached hydrogens (tertiary/aromatic N) is 3. The van der Waals surface area contributed by atoms with Crippen LogP contribution in [0.25, 0.3) is 11.4 Å². The van der Waals surface area contributed by atoms with Gasteiger partial charge in [0.15, 0.2) is 0 Å². The van der Waals surface area contributed by atoms with Gasteiger partial charge in [0.1, 0.15) is 0 Å². The summed E-state index contributed by atoms with van der Waals surface area (Å²) in [4.78, 5) is 6.95. The Labute approximate surface area is 146 Å². The second-order valence-corrected chi connectivity index (χ2v) is 6.57. The van der Waals surface area contributed by atoms with E-state index in [1.807, 2.05) is 24.3 Å². The summed E-state index contributed by atoms with van der Waals surface area (Å²) in [5.74, 6) is 1.22. The van der Waals surface area contributed by atoms with Gasteiger partial charge in [0, 0.05) is 23.7 Å². The fourth-order valence-corrected chi connectivity index (χ4v) is 3.34. The molecule has 1 atom stereocenters. The van der Waals surface area contributed by atoms with Crippen molar-refractivity contribution in [2.75, 3.05) is 6.54 Å². The highest BCUT2D eigenvalue weighted by Gasteiger charge is 2.25. The molecule has 24 heavy (non-hydrogen) atoms. The van der Waals surface area contributed by atoms with Gasteiger partial charge >= 0.3 is 0 Å². The number of hydrogen-bond donors (Lipinski definition) is 0. The maximum absolute atomic E-state index is 6.04. The molecule has 0 saturated heterocycles. The van der Waals surface area contributed by atoms with Crippen molar-refractivity contribution in [2.45, 2.75) is 25.9 Å². The fraction of sp³-hybridized carbons (Fsp3) is 0.263. The minimum absolute atomic E-state index is 0.0822. The van der Waals surface area contributed by atoms with Gasteiger partial charge in [-0.05, 0) is 36.6 Å². The molecule has 1 aromatic heterocycles. The third kappa shape index (κ3) is 2.95. The van der Waals surface area contributed by atoms with Crippen LogP contribution in [0.1, 0.15) is 30.0 Å². The molecule has 1 aliphatic rings. The quantitative estimate of drug-likeness (QED) is 0.704. The van der Waals surface area contributed by atoms with Gasteiger partial charge in [-0.1, -0.05) is 53.2 Å². The van der Waals surface area contributed by atoms with Crippen LogP contribution in [0.15, 0.2) is 53.1 Å². The highest BCUT2D eigenvalue weighted by Crippen LogP contribution is 2.28. The Kier molecular flexibility index (Phi) is 4.08. The lowest BCUT2D eigenvalue weighted by Gasteiger charge is -2.31. The third-order valence-electron chi connectivity index (χ3n) is 4.59. The van der Waals surface area contributed by atoms with Crippen LogP contribution < -0.4 is 0 Å². The monoisotopic (exact) mass is 339 g/mol. The first-order chi connectivity index (χ1) is 11.7. The molecule has 0 saturated carbocycles. The van der Waals surface area contributed by atoms with Crippen LogP contribution in [-0.2, 0) is 13.0 Å². The van der Waals surface area contributed by atoms with Crippen LogP contribution in [-0.4, -0.2) is 21.6 Å². The lowest BCUT2D eigenvalue weighted by molar-refractivity contribution is 0.158. The Morgan fingerprint density at radius 2 is 1.96 bits per heavy atom. The molecule has 2 heterocycles. The molecule has 0 spiro atoms. The van der Waals surface area contributed by atoms with E-state index in [0.717, 1.165) is 25.1 Å². The molecule has 122 valence electrons. The molecule has 0 fully saturated rings. The lowest BCUT2D eigenvalue weighted by atomic mass is 9.99. The molecule has 0 radical (unpaired) electrons. The summed E-state index contributed by atoms with van der Waals surface area (Å²) in [6.45, 7) is 4.02. The van der Waals surface area contributed by atoms with Crippen LogP contribution in [0.2, 0.25) is 5.02 Å². The zero-order valence-electron chi connectivity index (χ0n) is 13.4. The van der Waals surface area contributed by atoms with Crippen molar-refractivity contribution >= 4 is 11.6 Å². The average molecular weight is 340 g/mol. The molecule has 4 nitrogen and oxygen atoms in total. The van der Waals surface area contributed by atoms with E-state index in [0.29, 0.717) is 16.7 Å². The van der Waals surface area contributed by atoms with E-state index in [9.17, 15) is 0 Å². The zero-order valence-corrected chi connectivity index (χ0v) is 14.2. The van der Waals surface area contributed by atoms with Gasteiger partial charge in [0.2, 0.25) is 11.7 Å². The van der Waals surface area contributed by atoms with E-state index in [4.69, 9.17) is 16.1 Å². The summed E-state index contributed by atoms with van der Waals surface area (Å²) in [5, 5.41) is 4.78. The summed E-state index contributed by atoms with van der Waals surface area (Å²) >= 11 is 6.04. The average Bonchev–Trinajstić information content (AvgIpc) is 3.11. The van der Waals surface area contributed by atoms with Crippen LogP contribution in [0, 0.1) is 0 Å². The SMILES string of the molecule is CC(c1nc(-c2cccc(Cl)c2)no1)N1CCc2ccccc2C1. The Bertz CT molecular complexity index is 861. The van der Waals surface area contributed by atoms with Gasteiger partial charge in [-0.15, -0.1) is 0 Å². The van der Waals surface area contributed by atoms with Crippen LogP contribution in [0.5, 0.6) is 0 Å². The number of aromatic nitrogens is 2. The molecule has 1 unspecified atom stereocenters. The molecule has 0 N–H and O–H groups in total. The first-order valence-electron chi connectivity index (χ1n) is 8.11. The summed E-state index contributed by atoms with van der Waals surface area (Å²) in [6, 6.07) is 16.2. The highest BCUT2D eigenvalue weighted by atomic mass is 35.5. The zero-order chi connectivity index (χ0) is 16.5. The largest absolute Gasteiger partial charge is 0.337 e. The van der Waals surface area contributed by atoms with Gasteiger partial charge in [0.25, 0.3) is 0 Å².